The summed E-state index contributed by atoms with van der Waals surface area (Å²) in [6, 6.07) is 2.69. The second-order valence-corrected chi connectivity index (χ2v) is 5.99. The summed E-state index contributed by atoms with van der Waals surface area (Å²) in [6.07, 6.45) is 0. The van der Waals surface area contributed by atoms with Crippen LogP contribution in [-0.2, 0) is 16.1 Å². The van der Waals surface area contributed by atoms with Gasteiger partial charge < -0.3 is 10.0 Å². The Morgan fingerprint density at radius 2 is 1.87 bits per heavy atom. The number of imidazole rings is 1. The van der Waals surface area contributed by atoms with Crippen molar-refractivity contribution in [1.29, 1.82) is 0 Å². The molecular weight excluding hydrogens is 298 g/mol. The Bertz CT molecular complexity index is 845. The Morgan fingerprint density at radius 3 is 2.39 bits per heavy atom. The molecule has 23 heavy (non-hydrogen) atoms. The number of carboxylic acids is 1. The van der Waals surface area contributed by atoms with Crippen molar-refractivity contribution in [3.8, 4) is 0 Å². The highest BCUT2D eigenvalue weighted by molar-refractivity contribution is 5.85. The van der Waals surface area contributed by atoms with Crippen LogP contribution in [-0.4, -0.2) is 45.1 Å². The van der Waals surface area contributed by atoms with Crippen LogP contribution in [0.5, 0.6) is 0 Å². The van der Waals surface area contributed by atoms with Gasteiger partial charge in [0.25, 0.3) is 0 Å². The third kappa shape index (κ3) is 2.86. The predicted octanol–water partition coefficient (Wildman–Crippen LogP) is 1.15. The molecule has 1 aromatic heterocycles. The smallest absolute Gasteiger partial charge is 0.330 e. The number of hydrogen-bond acceptors (Lipinski definition) is 3. The van der Waals surface area contributed by atoms with Gasteiger partial charge in [-0.3, -0.25) is 13.9 Å². The number of hydrogen-bond donors (Lipinski definition) is 1. The molecule has 0 fully saturated rings. The van der Waals surface area contributed by atoms with Gasteiger partial charge >= 0.3 is 11.7 Å². The zero-order valence-corrected chi connectivity index (χ0v) is 14.0. The molecule has 1 heterocycles. The highest BCUT2D eigenvalue weighted by Crippen LogP contribution is 2.23. The Labute approximate surface area is 133 Å². The highest BCUT2D eigenvalue weighted by Gasteiger charge is 2.24. The third-order valence-corrected chi connectivity index (χ3v) is 3.93. The van der Waals surface area contributed by atoms with Gasteiger partial charge in [0, 0.05) is 14.1 Å². The van der Waals surface area contributed by atoms with Gasteiger partial charge in [-0.25, -0.2) is 9.59 Å². The third-order valence-electron chi connectivity index (χ3n) is 3.93. The predicted molar refractivity (Wildman–Crippen MR) is 86.7 cm³/mol. The number of aliphatic carboxylic acids is 1. The first-order chi connectivity index (χ1) is 10.6. The molecule has 2 rings (SSSR count). The first-order valence-corrected chi connectivity index (χ1v) is 7.30. The summed E-state index contributed by atoms with van der Waals surface area (Å²) in [5.74, 6) is -1.32. The van der Waals surface area contributed by atoms with E-state index in [9.17, 15) is 19.5 Å². The van der Waals surface area contributed by atoms with Crippen molar-refractivity contribution < 1.29 is 14.7 Å². The Hall–Kier alpha value is -2.57. The number of carbonyl (C=O) groups is 2. The second-order valence-electron chi connectivity index (χ2n) is 5.99. The van der Waals surface area contributed by atoms with Gasteiger partial charge in [-0.15, -0.1) is 0 Å². The fourth-order valence-corrected chi connectivity index (χ4v) is 2.68. The molecule has 0 radical (unpaired) electrons. The van der Waals surface area contributed by atoms with Crippen molar-refractivity contribution in [2.24, 2.45) is 0 Å². The number of aryl methyl sites for hydroxylation is 2. The van der Waals surface area contributed by atoms with Gasteiger partial charge in [-0.2, -0.15) is 0 Å². The van der Waals surface area contributed by atoms with Crippen molar-refractivity contribution >= 4 is 22.9 Å². The van der Waals surface area contributed by atoms with Crippen LogP contribution < -0.4 is 5.69 Å². The van der Waals surface area contributed by atoms with E-state index < -0.39 is 17.7 Å². The maximum absolute atomic E-state index is 12.7. The van der Waals surface area contributed by atoms with E-state index in [1.807, 2.05) is 19.9 Å². The minimum absolute atomic E-state index is 0.120. The molecule has 1 amide bonds. The summed E-state index contributed by atoms with van der Waals surface area (Å²) in [6.45, 7) is 5.07. The topological polar surface area (TPSA) is 84.5 Å². The number of fused-ring (bicyclic) bond motifs is 1. The van der Waals surface area contributed by atoms with E-state index in [0.717, 1.165) is 11.1 Å². The standard InChI is InChI=1S/C16H21N3O4/c1-9-6-10(2)14-12(7-9)18(8-13(20)17(4)5)16(23)19(14)11(3)15(21)22/h6-7,11H,8H2,1-5H3,(H,21,22). The number of likely N-dealkylation sites (N-methyl/N-ethyl adjacent to an activating group) is 1. The van der Waals surface area contributed by atoms with Crippen LogP contribution in [0.1, 0.15) is 24.1 Å². The molecule has 1 atom stereocenters. The molecule has 7 heteroatoms. The Morgan fingerprint density at radius 1 is 1.26 bits per heavy atom. The van der Waals surface area contributed by atoms with Crippen molar-refractivity contribution in [1.82, 2.24) is 14.0 Å². The summed E-state index contributed by atoms with van der Waals surface area (Å²) in [4.78, 5) is 37.6. The number of aromatic nitrogens is 2. The minimum Gasteiger partial charge on any atom is -0.480 e. The van der Waals surface area contributed by atoms with Crippen LogP contribution in [0.15, 0.2) is 16.9 Å². The number of amides is 1. The van der Waals surface area contributed by atoms with Crippen LogP contribution in [0.2, 0.25) is 0 Å². The SMILES string of the molecule is Cc1cc(C)c2c(c1)n(CC(=O)N(C)C)c(=O)n2C(C)C(=O)O. The average Bonchev–Trinajstić information content (AvgIpc) is 2.71. The largest absolute Gasteiger partial charge is 0.480 e. The van der Waals surface area contributed by atoms with Crippen LogP contribution in [0.3, 0.4) is 0 Å². The summed E-state index contributed by atoms with van der Waals surface area (Å²) in [5.41, 5.74) is 2.40. The molecule has 124 valence electrons. The van der Waals surface area contributed by atoms with Gasteiger partial charge in [0.05, 0.1) is 11.0 Å². The first-order valence-electron chi connectivity index (χ1n) is 7.30. The number of nitrogens with zero attached hydrogens (tertiary/aromatic N) is 3. The quantitative estimate of drug-likeness (QED) is 0.916. The first kappa shape index (κ1) is 16.8. The maximum Gasteiger partial charge on any atom is 0.330 e. The van der Waals surface area contributed by atoms with Gasteiger partial charge in [-0.05, 0) is 38.0 Å². The lowest BCUT2D eigenvalue weighted by Gasteiger charge is -2.10. The van der Waals surface area contributed by atoms with Crippen molar-refractivity contribution in [3.05, 3.63) is 33.7 Å². The molecule has 0 spiro atoms. The molecule has 0 aliphatic heterocycles. The molecule has 1 N–H and O–H groups in total. The van der Waals surface area contributed by atoms with E-state index >= 15 is 0 Å². The van der Waals surface area contributed by atoms with Crippen molar-refractivity contribution in [2.45, 2.75) is 33.4 Å². The van der Waals surface area contributed by atoms with E-state index in [1.54, 1.807) is 20.2 Å². The zero-order valence-electron chi connectivity index (χ0n) is 14.0. The molecule has 1 aromatic carbocycles. The molecule has 0 bridgehead atoms. The summed E-state index contributed by atoms with van der Waals surface area (Å²) in [5, 5.41) is 9.30. The average molecular weight is 319 g/mol. The van der Waals surface area contributed by atoms with Crippen LogP contribution in [0, 0.1) is 13.8 Å². The lowest BCUT2D eigenvalue weighted by molar-refractivity contribution is -0.140. The second kappa shape index (κ2) is 5.91. The molecule has 1 unspecified atom stereocenters. The molecule has 2 aromatic rings. The molecule has 0 saturated carbocycles. The molecule has 0 aliphatic carbocycles. The zero-order chi connectivity index (χ0) is 17.5. The molecule has 0 saturated heterocycles. The lowest BCUT2D eigenvalue weighted by Crippen LogP contribution is -2.34. The van der Waals surface area contributed by atoms with E-state index in [-0.39, 0.29) is 12.5 Å². The number of carbonyl (C=O) groups excluding carboxylic acids is 1. The molecule has 7 nitrogen and oxygen atoms in total. The van der Waals surface area contributed by atoms with E-state index in [4.69, 9.17) is 0 Å². The Balaban J connectivity index is 2.82. The normalized spacial score (nSPS) is 12.4. The van der Waals surface area contributed by atoms with E-state index in [2.05, 4.69) is 0 Å². The van der Waals surface area contributed by atoms with Gasteiger partial charge in [0.15, 0.2) is 0 Å². The van der Waals surface area contributed by atoms with E-state index in [1.165, 1.54) is 21.0 Å². The van der Waals surface area contributed by atoms with Crippen molar-refractivity contribution in [3.63, 3.8) is 0 Å². The van der Waals surface area contributed by atoms with Gasteiger partial charge in [-0.1, -0.05) is 6.07 Å². The summed E-state index contributed by atoms with van der Waals surface area (Å²) in [7, 11) is 3.23. The number of benzene rings is 1. The summed E-state index contributed by atoms with van der Waals surface area (Å²) < 4.78 is 2.59. The van der Waals surface area contributed by atoms with Crippen LogP contribution >= 0.6 is 0 Å². The highest BCUT2D eigenvalue weighted by atomic mass is 16.4. The van der Waals surface area contributed by atoms with Gasteiger partial charge in [0.2, 0.25) is 5.91 Å². The fourth-order valence-electron chi connectivity index (χ4n) is 2.68. The Kier molecular flexibility index (Phi) is 4.31. The lowest BCUT2D eigenvalue weighted by atomic mass is 10.1. The van der Waals surface area contributed by atoms with Gasteiger partial charge in [0.1, 0.15) is 12.6 Å². The molecular formula is C16H21N3O4. The minimum atomic E-state index is -1.09. The van der Waals surface area contributed by atoms with Crippen LogP contribution in [0.4, 0.5) is 0 Å². The fraction of sp³-hybridized carbons (Fsp3) is 0.438. The maximum atomic E-state index is 12.7. The van der Waals surface area contributed by atoms with Crippen LogP contribution in [0.25, 0.3) is 11.0 Å². The molecule has 0 aliphatic rings. The number of carboxylic acid groups (broad SMARTS) is 1. The summed E-state index contributed by atoms with van der Waals surface area (Å²) >= 11 is 0. The number of rotatable bonds is 4. The monoisotopic (exact) mass is 319 g/mol. The van der Waals surface area contributed by atoms with Crippen molar-refractivity contribution in [2.75, 3.05) is 14.1 Å². The van der Waals surface area contributed by atoms with E-state index in [0.29, 0.717) is 11.0 Å².